The molecule has 3 rings (SSSR count). The van der Waals surface area contributed by atoms with Gasteiger partial charge in [-0.05, 0) is 36.6 Å². The van der Waals surface area contributed by atoms with Gasteiger partial charge in [-0.3, -0.25) is 4.79 Å². The molecule has 1 unspecified atom stereocenters. The maximum atomic E-state index is 12.8. The van der Waals surface area contributed by atoms with Crippen molar-refractivity contribution in [3.8, 4) is 5.82 Å². The van der Waals surface area contributed by atoms with E-state index >= 15 is 0 Å². The smallest absolute Gasteiger partial charge is 0.254 e. The molecule has 0 spiro atoms. The molecule has 0 aliphatic rings. The molecule has 0 radical (unpaired) electrons. The van der Waals surface area contributed by atoms with Gasteiger partial charge in [0.25, 0.3) is 5.91 Å². The number of hydrogen-bond acceptors (Lipinski definition) is 4. The first-order valence-electron chi connectivity index (χ1n) is 9.68. The molecule has 6 nitrogen and oxygen atoms in total. The number of benzene rings is 1. The zero-order chi connectivity index (χ0) is 19.9. The van der Waals surface area contributed by atoms with Gasteiger partial charge in [0.05, 0.1) is 17.5 Å². The molecule has 1 aromatic carbocycles. The third-order valence-corrected chi connectivity index (χ3v) is 4.73. The molecule has 0 saturated carbocycles. The Labute approximate surface area is 166 Å². The average Bonchev–Trinajstić information content (AvgIpc) is 3.16. The van der Waals surface area contributed by atoms with Crippen LogP contribution in [-0.4, -0.2) is 33.3 Å². The second-order valence-corrected chi connectivity index (χ2v) is 7.03. The number of aromatic nitrogens is 3. The summed E-state index contributed by atoms with van der Waals surface area (Å²) in [4.78, 5) is 17.2. The predicted octanol–water partition coefficient (Wildman–Crippen LogP) is 3.70. The van der Waals surface area contributed by atoms with Gasteiger partial charge in [-0.2, -0.15) is 5.10 Å². The quantitative estimate of drug-likeness (QED) is 0.628. The van der Waals surface area contributed by atoms with Crippen molar-refractivity contribution in [3.63, 3.8) is 0 Å². The van der Waals surface area contributed by atoms with Crippen molar-refractivity contribution in [2.75, 3.05) is 11.9 Å². The summed E-state index contributed by atoms with van der Waals surface area (Å²) in [5.41, 5.74) is 2.50. The topological polar surface area (TPSA) is 71.8 Å². The molecule has 0 saturated heterocycles. The van der Waals surface area contributed by atoms with E-state index in [-0.39, 0.29) is 11.9 Å². The molecule has 0 aliphatic carbocycles. The van der Waals surface area contributed by atoms with Gasteiger partial charge in [0.2, 0.25) is 0 Å². The minimum Gasteiger partial charge on any atom is -0.380 e. The Hall–Kier alpha value is -3.15. The molecule has 0 fully saturated rings. The fourth-order valence-electron chi connectivity index (χ4n) is 3.08. The van der Waals surface area contributed by atoms with E-state index in [9.17, 15) is 4.79 Å². The molecule has 6 heteroatoms. The Bertz CT molecular complexity index is 890. The molecule has 2 aromatic heterocycles. The molecule has 1 atom stereocenters. The number of amides is 1. The second-order valence-electron chi connectivity index (χ2n) is 7.03. The van der Waals surface area contributed by atoms with E-state index in [0.717, 1.165) is 11.4 Å². The fourth-order valence-corrected chi connectivity index (χ4v) is 3.08. The average molecular weight is 377 g/mol. The molecule has 146 valence electrons. The largest absolute Gasteiger partial charge is 0.380 e. The van der Waals surface area contributed by atoms with Crippen LogP contribution in [0.3, 0.4) is 0 Å². The number of nitrogens with one attached hydrogen (secondary N) is 2. The van der Waals surface area contributed by atoms with Crippen LogP contribution in [0.1, 0.15) is 36.8 Å². The van der Waals surface area contributed by atoms with E-state index in [2.05, 4.69) is 34.6 Å². The summed E-state index contributed by atoms with van der Waals surface area (Å²) in [6, 6.07) is 15.8. The summed E-state index contributed by atoms with van der Waals surface area (Å²) in [5.74, 6) is 0.964. The van der Waals surface area contributed by atoms with Crippen molar-refractivity contribution in [1.29, 1.82) is 0 Å². The number of nitrogens with zero attached hydrogens (tertiary/aromatic N) is 3. The number of para-hydroxylation sites is 1. The summed E-state index contributed by atoms with van der Waals surface area (Å²) in [6.45, 7) is 6.83. The highest BCUT2D eigenvalue weighted by Crippen LogP contribution is 2.15. The van der Waals surface area contributed by atoms with Crippen LogP contribution in [-0.2, 0) is 6.42 Å². The van der Waals surface area contributed by atoms with E-state index in [1.807, 2.05) is 55.5 Å². The van der Waals surface area contributed by atoms with Crippen molar-refractivity contribution >= 4 is 11.6 Å². The molecule has 3 aromatic rings. The Morgan fingerprint density at radius 3 is 2.50 bits per heavy atom. The molecular weight excluding hydrogens is 350 g/mol. The summed E-state index contributed by atoms with van der Waals surface area (Å²) in [6.07, 6.45) is 4.03. The van der Waals surface area contributed by atoms with Gasteiger partial charge in [-0.15, -0.1) is 0 Å². The maximum absolute atomic E-state index is 12.8. The molecule has 28 heavy (non-hydrogen) atoms. The van der Waals surface area contributed by atoms with Crippen LogP contribution >= 0.6 is 0 Å². The Morgan fingerprint density at radius 2 is 1.86 bits per heavy atom. The van der Waals surface area contributed by atoms with Crippen LogP contribution in [0, 0.1) is 5.92 Å². The first-order chi connectivity index (χ1) is 13.6. The third kappa shape index (κ3) is 4.57. The summed E-state index contributed by atoms with van der Waals surface area (Å²) >= 11 is 0. The number of carbonyl (C=O) groups is 1. The maximum Gasteiger partial charge on any atom is 0.254 e. The Morgan fingerprint density at radius 1 is 1.11 bits per heavy atom. The molecule has 1 amide bonds. The highest BCUT2D eigenvalue weighted by Gasteiger charge is 2.20. The first kappa shape index (κ1) is 19.6. The van der Waals surface area contributed by atoms with Gasteiger partial charge in [-0.1, -0.05) is 45.0 Å². The fraction of sp³-hybridized carbons (Fsp3) is 0.318. The SMILES string of the molecule is CCc1c(C(=O)NCC(Nc2ccccc2)C(C)C)cnn1-c1ccccn1. The minimum atomic E-state index is -0.112. The lowest BCUT2D eigenvalue weighted by Gasteiger charge is -2.24. The number of rotatable bonds is 8. The lowest BCUT2D eigenvalue weighted by atomic mass is 10.0. The highest BCUT2D eigenvalue weighted by molar-refractivity contribution is 5.95. The van der Waals surface area contributed by atoms with Gasteiger partial charge < -0.3 is 10.6 Å². The normalized spacial score (nSPS) is 12.0. The molecular formula is C22H27N5O. The van der Waals surface area contributed by atoms with Crippen LogP contribution in [0.5, 0.6) is 0 Å². The predicted molar refractivity (Wildman–Crippen MR) is 112 cm³/mol. The van der Waals surface area contributed by atoms with Gasteiger partial charge in [0, 0.05) is 24.5 Å². The standard InChI is InChI=1S/C22H27N5O/c1-4-20-18(14-25-27(20)21-12-8-9-13-23-21)22(28)24-15-19(16(2)3)26-17-10-6-5-7-11-17/h5-14,16,19,26H,4,15H2,1-3H3,(H,24,28). The van der Waals surface area contributed by atoms with Crippen molar-refractivity contribution in [1.82, 2.24) is 20.1 Å². The van der Waals surface area contributed by atoms with Crippen molar-refractivity contribution in [2.45, 2.75) is 33.2 Å². The Kier molecular flexibility index (Phi) is 6.42. The van der Waals surface area contributed by atoms with E-state index < -0.39 is 0 Å². The van der Waals surface area contributed by atoms with Gasteiger partial charge in [-0.25, -0.2) is 9.67 Å². The zero-order valence-electron chi connectivity index (χ0n) is 16.6. The van der Waals surface area contributed by atoms with Crippen molar-refractivity contribution in [2.24, 2.45) is 5.92 Å². The summed E-state index contributed by atoms with van der Waals surface area (Å²) in [5, 5.41) is 11.0. The van der Waals surface area contributed by atoms with Crippen LogP contribution < -0.4 is 10.6 Å². The first-order valence-corrected chi connectivity index (χ1v) is 9.68. The van der Waals surface area contributed by atoms with E-state index in [0.29, 0.717) is 30.3 Å². The summed E-state index contributed by atoms with van der Waals surface area (Å²) in [7, 11) is 0. The number of anilines is 1. The Balaban J connectivity index is 1.71. The van der Waals surface area contributed by atoms with Crippen LogP contribution in [0.25, 0.3) is 5.82 Å². The number of hydrogen-bond donors (Lipinski definition) is 2. The van der Waals surface area contributed by atoms with E-state index in [1.165, 1.54) is 0 Å². The van der Waals surface area contributed by atoms with Crippen LogP contribution in [0.2, 0.25) is 0 Å². The van der Waals surface area contributed by atoms with Crippen molar-refractivity contribution < 1.29 is 4.79 Å². The third-order valence-electron chi connectivity index (χ3n) is 4.73. The monoisotopic (exact) mass is 377 g/mol. The highest BCUT2D eigenvalue weighted by atomic mass is 16.1. The number of pyridine rings is 1. The lowest BCUT2D eigenvalue weighted by molar-refractivity contribution is 0.0949. The molecule has 0 aliphatic heterocycles. The lowest BCUT2D eigenvalue weighted by Crippen LogP contribution is -2.39. The van der Waals surface area contributed by atoms with Gasteiger partial charge in [0.1, 0.15) is 0 Å². The van der Waals surface area contributed by atoms with Gasteiger partial charge >= 0.3 is 0 Å². The summed E-state index contributed by atoms with van der Waals surface area (Å²) < 4.78 is 1.73. The molecule has 2 N–H and O–H groups in total. The van der Waals surface area contributed by atoms with Crippen molar-refractivity contribution in [3.05, 3.63) is 72.2 Å². The van der Waals surface area contributed by atoms with Crippen LogP contribution in [0.4, 0.5) is 5.69 Å². The minimum absolute atomic E-state index is 0.112. The molecule has 0 bridgehead atoms. The molecule has 2 heterocycles. The zero-order valence-corrected chi connectivity index (χ0v) is 16.6. The number of carbonyl (C=O) groups excluding carboxylic acids is 1. The van der Waals surface area contributed by atoms with Crippen LogP contribution in [0.15, 0.2) is 60.9 Å². The van der Waals surface area contributed by atoms with E-state index in [4.69, 9.17) is 0 Å². The second kappa shape index (κ2) is 9.17. The van der Waals surface area contributed by atoms with Gasteiger partial charge in [0.15, 0.2) is 5.82 Å². The van der Waals surface area contributed by atoms with E-state index in [1.54, 1.807) is 17.1 Å².